The lowest BCUT2D eigenvalue weighted by atomic mass is 10.2. The SMILES string of the molecule is Cc1nn([C@H]2CCS(=O)(=O)C2)c(Cl)c1/C=C/C(=O)Nc1ccc(F)cc1F. The highest BCUT2D eigenvalue weighted by Gasteiger charge is 2.31. The van der Waals surface area contributed by atoms with Gasteiger partial charge in [-0.25, -0.2) is 21.9 Å². The highest BCUT2D eigenvalue weighted by atomic mass is 35.5. The maximum absolute atomic E-state index is 13.6. The third-order valence-electron chi connectivity index (χ3n) is 4.22. The van der Waals surface area contributed by atoms with Crippen LogP contribution < -0.4 is 5.32 Å². The maximum Gasteiger partial charge on any atom is 0.248 e. The van der Waals surface area contributed by atoms with Gasteiger partial charge in [0.1, 0.15) is 16.8 Å². The smallest absolute Gasteiger partial charge is 0.248 e. The van der Waals surface area contributed by atoms with Crippen LogP contribution in [-0.4, -0.2) is 35.6 Å². The van der Waals surface area contributed by atoms with E-state index in [0.29, 0.717) is 23.7 Å². The lowest BCUT2D eigenvalue weighted by molar-refractivity contribution is -0.111. The number of carbonyl (C=O) groups excluding carboxylic acids is 1. The summed E-state index contributed by atoms with van der Waals surface area (Å²) in [5.41, 5.74) is 0.845. The van der Waals surface area contributed by atoms with E-state index < -0.39 is 27.4 Å². The van der Waals surface area contributed by atoms with Crippen molar-refractivity contribution in [2.45, 2.75) is 19.4 Å². The van der Waals surface area contributed by atoms with E-state index in [1.165, 1.54) is 10.8 Å². The maximum atomic E-state index is 13.6. The van der Waals surface area contributed by atoms with Crippen LogP contribution in [0.1, 0.15) is 23.7 Å². The Labute approximate surface area is 159 Å². The van der Waals surface area contributed by atoms with Crippen LogP contribution in [0.2, 0.25) is 5.15 Å². The van der Waals surface area contributed by atoms with Crippen LogP contribution in [0.5, 0.6) is 0 Å². The van der Waals surface area contributed by atoms with Gasteiger partial charge in [-0.3, -0.25) is 4.79 Å². The second-order valence-corrected chi connectivity index (χ2v) is 8.82. The van der Waals surface area contributed by atoms with Gasteiger partial charge in [-0.05, 0) is 31.6 Å². The Kier molecular flexibility index (Phi) is 5.34. The Morgan fingerprint density at radius 2 is 2.15 bits per heavy atom. The van der Waals surface area contributed by atoms with Gasteiger partial charge in [-0.15, -0.1) is 0 Å². The molecule has 2 aromatic rings. The summed E-state index contributed by atoms with van der Waals surface area (Å²) in [6.45, 7) is 1.68. The topological polar surface area (TPSA) is 81.1 Å². The number of halogens is 3. The molecule has 1 aliphatic heterocycles. The minimum atomic E-state index is -3.10. The Morgan fingerprint density at radius 3 is 2.78 bits per heavy atom. The van der Waals surface area contributed by atoms with Crippen LogP contribution in [-0.2, 0) is 14.6 Å². The molecule has 1 amide bonds. The van der Waals surface area contributed by atoms with Crippen molar-refractivity contribution in [3.63, 3.8) is 0 Å². The van der Waals surface area contributed by atoms with Crippen LogP contribution in [0.4, 0.5) is 14.5 Å². The van der Waals surface area contributed by atoms with E-state index in [1.54, 1.807) is 6.92 Å². The van der Waals surface area contributed by atoms with E-state index in [4.69, 9.17) is 11.6 Å². The molecular weight excluding hydrogens is 400 g/mol. The predicted molar refractivity (Wildman–Crippen MR) is 98.3 cm³/mol. The van der Waals surface area contributed by atoms with Crippen LogP contribution in [0, 0.1) is 18.6 Å². The number of sulfone groups is 1. The first-order valence-electron chi connectivity index (χ1n) is 8.05. The Hall–Kier alpha value is -2.26. The molecule has 0 unspecified atom stereocenters. The van der Waals surface area contributed by atoms with E-state index >= 15 is 0 Å². The van der Waals surface area contributed by atoms with Gasteiger partial charge in [0.05, 0.1) is 28.9 Å². The predicted octanol–water partition coefficient (Wildman–Crippen LogP) is 3.13. The van der Waals surface area contributed by atoms with Crippen molar-refractivity contribution in [1.29, 1.82) is 0 Å². The van der Waals surface area contributed by atoms with Gasteiger partial charge in [0.25, 0.3) is 0 Å². The zero-order chi connectivity index (χ0) is 19.8. The molecule has 0 saturated carbocycles. The molecule has 0 spiro atoms. The highest BCUT2D eigenvalue weighted by Crippen LogP contribution is 2.30. The average Bonchev–Trinajstić information content (AvgIpc) is 3.07. The Morgan fingerprint density at radius 1 is 1.41 bits per heavy atom. The zero-order valence-corrected chi connectivity index (χ0v) is 15.8. The van der Waals surface area contributed by atoms with Crippen molar-refractivity contribution in [1.82, 2.24) is 9.78 Å². The normalized spacial score (nSPS) is 18.9. The van der Waals surface area contributed by atoms with Crippen molar-refractivity contribution in [3.05, 3.63) is 52.3 Å². The molecule has 6 nitrogen and oxygen atoms in total. The van der Waals surface area contributed by atoms with Crippen molar-refractivity contribution in [2.24, 2.45) is 0 Å². The minimum absolute atomic E-state index is 0.0265. The highest BCUT2D eigenvalue weighted by molar-refractivity contribution is 7.91. The number of hydrogen-bond acceptors (Lipinski definition) is 4. The molecule has 0 aliphatic carbocycles. The lowest BCUT2D eigenvalue weighted by Gasteiger charge is -2.09. The number of hydrogen-bond donors (Lipinski definition) is 1. The molecule has 27 heavy (non-hydrogen) atoms. The fraction of sp³-hybridized carbons (Fsp3) is 0.294. The third-order valence-corrected chi connectivity index (χ3v) is 6.34. The monoisotopic (exact) mass is 415 g/mol. The molecule has 1 fully saturated rings. The zero-order valence-electron chi connectivity index (χ0n) is 14.2. The Balaban J connectivity index is 1.76. The van der Waals surface area contributed by atoms with E-state index in [0.717, 1.165) is 18.2 Å². The largest absolute Gasteiger partial charge is 0.320 e. The van der Waals surface area contributed by atoms with E-state index in [-0.39, 0.29) is 28.4 Å². The molecule has 10 heteroatoms. The summed E-state index contributed by atoms with van der Waals surface area (Å²) in [4.78, 5) is 12.0. The molecule has 1 N–H and O–H groups in total. The van der Waals surface area contributed by atoms with E-state index in [2.05, 4.69) is 10.4 Å². The van der Waals surface area contributed by atoms with Crippen molar-refractivity contribution >= 4 is 39.1 Å². The quantitative estimate of drug-likeness (QED) is 0.778. The first-order chi connectivity index (χ1) is 12.7. The van der Waals surface area contributed by atoms with Crippen LogP contribution in [0.15, 0.2) is 24.3 Å². The van der Waals surface area contributed by atoms with Gasteiger partial charge in [-0.2, -0.15) is 5.10 Å². The van der Waals surface area contributed by atoms with Crippen LogP contribution in [0.3, 0.4) is 0 Å². The van der Waals surface area contributed by atoms with Gasteiger partial charge < -0.3 is 5.32 Å². The van der Waals surface area contributed by atoms with Crippen molar-refractivity contribution in [2.75, 3.05) is 16.8 Å². The molecule has 0 bridgehead atoms. The molecule has 144 valence electrons. The number of benzene rings is 1. The number of carbonyl (C=O) groups is 1. The summed E-state index contributed by atoms with van der Waals surface area (Å²) in [7, 11) is -3.10. The van der Waals surface area contributed by atoms with Gasteiger partial charge in [0.15, 0.2) is 9.84 Å². The number of rotatable bonds is 4. The number of nitrogens with zero attached hydrogens (tertiary/aromatic N) is 2. The van der Waals surface area contributed by atoms with Crippen molar-refractivity contribution < 1.29 is 22.0 Å². The van der Waals surface area contributed by atoms with Crippen LogP contribution >= 0.6 is 11.6 Å². The van der Waals surface area contributed by atoms with E-state index in [9.17, 15) is 22.0 Å². The summed E-state index contributed by atoms with van der Waals surface area (Å²) in [5.74, 6) is -2.21. The molecule has 1 atom stereocenters. The first-order valence-corrected chi connectivity index (χ1v) is 10.3. The number of amides is 1. The molecule has 1 aromatic heterocycles. The summed E-state index contributed by atoms with van der Waals surface area (Å²) in [6.07, 6.45) is 2.99. The Bertz CT molecular complexity index is 1030. The number of nitrogens with one attached hydrogen (secondary N) is 1. The van der Waals surface area contributed by atoms with Gasteiger partial charge in [-0.1, -0.05) is 11.6 Å². The number of aromatic nitrogens is 2. The summed E-state index contributed by atoms with van der Waals surface area (Å²) in [5, 5.41) is 6.81. The minimum Gasteiger partial charge on any atom is -0.320 e. The molecular formula is C17H16ClF2N3O3S. The number of aryl methyl sites for hydroxylation is 1. The van der Waals surface area contributed by atoms with Crippen molar-refractivity contribution in [3.8, 4) is 0 Å². The molecule has 3 rings (SSSR count). The summed E-state index contributed by atoms with van der Waals surface area (Å²) >= 11 is 6.31. The second kappa shape index (κ2) is 7.40. The molecule has 2 heterocycles. The molecule has 1 aliphatic rings. The summed E-state index contributed by atoms with van der Waals surface area (Å²) < 4.78 is 51.2. The second-order valence-electron chi connectivity index (χ2n) is 6.24. The molecule has 1 saturated heterocycles. The first kappa shape index (κ1) is 19.5. The summed E-state index contributed by atoms with van der Waals surface area (Å²) in [6, 6.07) is 2.47. The molecule has 0 radical (unpaired) electrons. The molecule has 1 aromatic carbocycles. The fourth-order valence-corrected chi connectivity index (χ4v) is 4.92. The van der Waals surface area contributed by atoms with E-state index in [1.807, 2.05) is 0 Å². The van der Waals surface area contributed by atoms with Crippen LogP contribution in [0.25, 0.3) is 6.08 Å². The number of anilines is 1. The standard InChI is InChI=1S/C17H16ClF2N3O3S/c1-10-13(17(18)23(22-10)12-6-7-27(25,26)9-12)3-5-16(24)21-15-4-2-11(19)8-14(15)20/h2-5,8,12H,6-7,9H2,1H3,(H,21,24)/b5-3+/t12-/m0/s1. The lowest BCUT2D eigenvalue weighted by Crippen LogP contribution is -2.12. The third kappa shape index (κ3) is 4.36. The van der Waals surface area contributed by atoms with Gasteiger partial charge >= 0.3 is 0 Å². The fourth-order valence-electron chi connectivity index (χ4n) is 2.86. The van der Waals surface area contributed by atoms with Gasteiger partial charge in [0, 0.05) is 17.7 Å². The van der Waals surface area contributed by atoms with Gasteiger partial charge in [0.2, 0.25) is 5.91 Å². The average molecular weight is 416 g/mol.